The minimum atomic E-state index is -0.434. The summed E-state index contributed by atoms with van der Waals surface area (Å²) in [5.41, 5.74) is 0.911. The lowest BCUT2D eigenvalue weighted by molar-refractivity contribution is -0.122. The predicted octanol–water partition coefficient (Wildman–Crippen LogP) is 2.23. The number of amides is 3. The summed E-state index contributed by atoms with van der Waals surface area (Å²) in [6.07, 6.45) is 2.15. The SMILES string of the molecule is COc1cc(/C=C2\NC(=O)N(CCCCl)C2=O)cc(OC)c1. The van der Waals surface area contributed by atoms with Gasteiger partial charge in [0.15, 0.2) is 0 Å². The van der Waals surface area contributed by atoms with Crippen LogP contribution in [0.3, 0.4) is 0 Å². The van der Waals surface area contributed by atoms with Gasteiger partial charge in [-0.2, -0.15) is 0 Å². The van der Waals surface area contributed by atoms with Crippen molar-refractivity contribution in [3.63, 3.8) is 0 Å². The summed E-state index contributed by atoms with van der Waals surface area (Å²) in [6, 6.07) is 4.78. The molecule has 0 bridgehead atoms. The van der Waals surface area contributed by atoms with Crippen LogP contribution in [0, 0.1) is 0 Å². The zero-order valence-corrected chi connectivity index (χ0v) is 13.1. The fourth-order valence-electron chi connectivity index (χ4n) is 2.07. The van der Waals surface area contributed by atoms with Crippen LogP contribution in [0.1, 0.15) is 12.0 Å². The van der Waals surface area contributed by atoms with E-state index in [9.17, 15) is 9.59 Å². The molecule has 3 amide bonds. The summed E-state index contributed by atoms with van der Waals surface area (Å²) >= 11 is 5.60. The van der Waals surface area contributed by atoms with Crippen molar-refractivity contribution < 1.29 is 19.1 Å². The molecule has 1 saturated heterocycles. The third-order valence-electron chi connectivity index (χ3n) is 3.16. The van der Waals surface area contributed by atoms with Crippen LogP contribution in [0.15, 0.2) is 23.9 Å². The maximum atomic E-state index is 12.2. The smallest absolute Gasteiger partial charge is 0.329 e. The topological polar surface area (TPSA) is 67.9 Å². The minimum absolute atomic E-state index is 0.217. The molecular weight excluding hydrogens is 308 g/mol. The number of imide groups is 1. The largest absolute Gasteiger partial charge is 0.497 e. The summed E-state index contributed by atoms with van der Waals surface area (Å²) < 4.78 is 10.4. The number of hydrogen-bond donors (Lipinski definition) is 1. The van der Waals surface area contributed by atoms with E-state index in [1.165, 1.54) is 0 Å². The second-order valence-corrected chi connectivity index (χ2v) is 5.01. The van der Waals surface area contributed by atoms with E-state index in [2.05, 4.69) is 5.32 Å². The fraction of sp³-hybridized carbons (Fsp3) is 0.333. The van der Waals surface area contributed by atoms with Crippen LogP contribution in [-0.4, -0.2) is 43.5 Å². The van der Waals surface area contributed by atoms with E-state index >= 15 is 0 Å². The lowest BCUT2D eigenvalue weighted by atomic mass is 10.1. The molecule has 0 aromatic heterocycles. The first-order chi connectivity index (χ1) is 10.6. The van der Waals surface area contributed by atoms with Crippen LogP contribution in [0.4, 0.5) is 4.79 Å². The van der Waals surface area contributed by atoms with Gasteiger partial charge in [0, 0.05) is 18.5 Å². The molecule has 0 aliphatic carbocycles. The molecule has 2 rings (SSSR count). The number of rotatable bonds is 6. The van der Waals surface area contributed by atoms with E-state index in [4.69, 9.17) is 21.1 Å². The first-order valence-corrected chi connectivity index (χ1v) is 7.26. The predicted molar refractivity (Wildman–Crippen MR) is 83.1 cm³/mol. The number of carbonyl (C=O) groups excluding carboxylic acids is 2. The van der Waals surface area contributed by atoms with Gasteiger partial charge in [-0.15, -0.1) is 11.6 Å². The maximum absolute atomic E-state index is 12.2. The van der Waals surface area contributed by atoms with Gasteiger partial charge in [-0.1, -0.05) is 0 Å². The molecule has 1 aromatic carbocycles. The van der Waals surface area contributed by atoms with Gasteiger partial charge in [0.1, 0.15) is 17.2 Å². The average Bonchev–Trinajstić information content (AvgIpc) is 2.79. The van der Waals surface area contributed by atoms with Crippen LogP contribution >= 0.6 is 11.6 Å². The summed E-state index contributed by atoms with van der Waals surface area (Å²) in [5, 5.41) is 2.56. The third kappa shape index (κ3) is 3.51. The number of nitrogens with one attached hydrogen (secondary N) is 1. The van der Waals surface area contributed by atoms with Crippen LogP contribution in [-0.2, 0) is 4.79 Å². The van der Waals surface area contributed by atoms with Gasteiger partial charge in [-0.25, -0.2) is 4.79 Å². The van der Waals surface area contributed by atoms with Gasteiger partial charge in [-0.05, 0) is 30.2 Å². The van der Waals surface area contributed by atoms with Crippen molar-refractivity contribution in [1.82, 2.24) is 10.2 Å². The Morgan fingerprint density at radius 3 is 2.36 bits per heavy atom. The molecule has 1 aliphatic rings. The molecule has 0 saturated carbocycles. The van der Waals surface area contributed by atoms with Crippen LogP contribution in [0.25, 0.3) is 6.08 Å². The van der Waals surface area contributed by atoms with Gasteiger partial charge in [0.2, 0.25) is 0 Å². The molecule has 1 heterocycles. The molecule has 0 atom stereocenters. The van der Waals surface area contributed by atoms with Gasteiger partial charge >= 0.3 is 6.03 Å². The first kappa shape index (κ1) is 16.2. The van der Waals surface area contributed by atoms with E-state index < -0.39 is 6.03 Å². The molecule has 0 unspecified atom stereocenters. The van der Waals surface area contributed by atoms with Crippen molar-refractivity contribution in [2.75, 3.05) is 26.6 Å². The standard InChI is InChI=1S/C15H17ClN2O4/c1-21-11-6-10(7-12(9-11)22-2)8-13-14(19)18(5-3-4-16)15(20)17-13/h6-9H,3-5H2,1-2H3,(H,17,20)/b13-8-. The highest BCUT2D eigenvalue weighted by atomic mass is 35.5. The van der Waals surface area contributed by atoms with Crippen LogP contribution in [0.5, 0.6) is 11.5 Å². The van der Waals surface area contributed by atoms with E-state index in [1.807, 2.05) is 0 Å². The first-order valence-electron chi connectivity index (χ1n) is 6.72. The number of methoxy groups -OCH3 is 2. The number of ether oxygens (including phenoxy) is 2. The van der Waals surface area contributed by atoms with Crippen LogP contribution < -0.4 is 14.8 Å². The molecule has 7 heteroatoms. The molecule has 1 fully saturated rings. The van der Waals surface area contributed by atoms with Gasteiger partial charge < -0.3 is 14.8 Å². The molecule has 118 valence electrons. The summed E-state index contributed by atoms with van der Waals surface area (Å²) in [6.45, 7) is 0.299. The monoisotopic (exact) mass is 324 g/mol. The second-order valence-electron chi connectivity index (χ2n) is 4.63. The Balaban J connectivity index is 2.26. The highest BCUT2D eigenvalue weighted by molar-refractivity contribution is 6.18. The van der Waals surface area contributed by atoms with Gasteiger partial charge in [0.25, 0.3) is 5.91 Å². The Labute approximate surface area is 133 Å². The number of carbonyl (C=O) groups is 2. The number of urea groups is 1. The van der Waals surface area contributed by atoms with E-state index in [0.717, 1.165) is 4.90 Å². The molecule has 0 spiro atoms. The van der Waals surface area contributed by atoms with Gasteiger partial charge in [-0.3, -0.25) is 9.69 Å². The maximum Gasteiger partial charge on any atom is 0.329 e. The van der Waals surface area contributed by atoms with Crippen molar-refractivity contribution in [1.29, 1.82) is 0 Å². The average molecular weight is 325 g/mol. The van der Waals surface area contributed by atoms with Gasteiger partial charge in [0.05, 0.1) is 14.2 Å². The summed E-state index contributed by atoms with van der Waals surface area (Å²) in [5.74, 6) is 1.23. The zero-order valence-electron chi connectivity index (χ0n) is 12.4. The zero-order chi connectivity index (χ0) is 16.1. The second kappa shape index (κ2) is 7.17. The number of halogens is 1. The number of hydrogen-bond acceptors (Lipinski definition) is 4. The van der Waals surface area contributed by atoms with Crippen molar-refractivity contribution in [2.24, 2.45) is 0 Å². The Morgan fingerprint density at radius 2 is 1.82 bits per heavy atom. The van der Waals surface area contributed by atoms with Crippen molar-refractivity contribution in [3.8, 4) is 11.5 Å². The normalized spacial score (nSPS) is 16.1. The Bertz CT molecular complexity index is 593. The van der Waals surface area contributed by atoms with E-state index in [-0.39, 0.29) is 11.6 Å². The summed E-state index contributed by atoms with van der Waals surface area (Å²) in [4.78, 5) is 25.1. The Hall–Kier alpha value is -2.21. The van der Waals surface area contributed by atoms with E-state index in [1.54, 1.807) is 38.5 Å². The molecular formula is C15H17ClN2O4. The fourth-order valence-corrected chi connectivity index (χ4v) is 2.19. The lowest BCUT2D eigenvalue weighted by Gasteiger charge is -2.09. The van der Waals surface area contributed by atoms with Crippen molar-refractivity contribution in [2.45, 2.75) is 6.42 Å². The molecule has 6 nitrogen and oxygen atoms in total. The summed E-state index contributed by atoms with van der Waals surface area (Å²) in [7, 11) is 3.09. The number of alkyl halides is 1. The van der Waals surface area contributed by atoms with Crippen LogP contribution in [0.2, 0.25) is 0 Å². The van der Waals surface area contributed by atoms with Crippen molar-refractivity contribution >= 4 is 29.6 Å². The number of nitrogens with zero attached hydrogens (tertiary/aromatic N) is 1. The third-order valence-corrected chi connectivity index (χ3v) is 3.43. The Kier molecular flexibility index (Phi) is 5.27. The molecule has 1 N–H and O–H groups in total. The highest BCUT2D eigenvalue weighted by Gasteiger charge is 2.32. The quantitative estimate of drug-likeness (QED) is 0.495. The molecule has 0 radical (unpaired) electrons. The molecule has 1 aliphatic heterocycles. The lowest BCUT2D eigenvalue weighted by Crippen LogP contribution is -2.31. The Morgan fingerprint density at radius 1 is 1.18 bits per heavy atom. The van der Waals surface area contributed by atoms with E-state index in [0.29, 0.717) is 35.9 Å². The minimum Gasteiger partial charge on any atom is -0.497 e. The van der Waals surface area contributed by atoms with Crippen molar-refractivity contribution in [3.05, 3.63) is 29.5 Å². The number of benzene rings is 1. The molecule has 1 aromatic rings. The highest BCUT2D eigenvalue weighted by Crippen LogP contribution is 2.24. The molecule has 22 heavy (non-hydrogen) atoms.